The Balaban J connectivity index is 2.34. The molecule has 0 fully saturated rings. The minimum atomic E-state index is -0.924. The molecule has 1 aliphatic heterocycles. The Kier molecular flexibility index (Phi) is 4.42. The summed E-state index contributed by atoms with van der Waals surface area (Å²) in [4.78, 5) is 13.4. The van der Waals surface area contributed by atoms with Gasteiger partial charge in [-0.2, -0.15) is 0 Å². The predicted molar refractivity (Wildman–Crippen MR) is 74.9 cm³/mol. The Morgan fingerprint density at radius 2 is 1.95 bits per heavy atom. The zero-order chi connectivity index (χ0) is 14.5. The number of hydrogen-bond donors (Lipinski definition) is 1. The smallest absolute Gasteiger partial charge is 0.325 e. The van der Waals surface area contributed by atoms with Crippen LogP contribution in [0.5, 0.6) is 11.5 Å². The van der Waals surface area contributed by atoms with Crippen molar-refractivity contribution in [3.8, 4) is 11.5 Å². The SMILES string of the molecule is C=CCN(CC=C)C(C(=O)O)c1ccc2c(c1)OCO2. The van der Waals surface area contributed by atoms with Crippen molar-refractivity contribution in [3.63, 3.8) is 0 Å². The number of aliphatic carboxylic acids is 1. The first kappa shape index (κ1) is 14.1. The van der Waals surface area contributed by atoms with Crippen LogP contribution in [0, 0.1) is 0 Å². The minimum absolute atomic E-state index is 0.166. The summed E-state index contributed by atoms with van der Waals surface area (Å²) in [5.74, 6) is 0.287. The molecule has 1 heterocycles. The summed E-state index contributed by atoms with van der Waals surface area (Å²) in [6.07, 6.45) is 3.35. The number of carboxylic acid groups (broad SMARTS) is 1. The van der Waals surface area contributed by atoms with Crippen molar-refractivity contribution < 1.29 is 19.4 Å². The Bertz CT molecular complexity index is 517. The van der Waals surface area contributed by atoms with Crippen molar-refractivity contribution in [1.29, 1.82) is 0 Å². The van der Waals surface area contributed by atoms with E-state index in [4.69, 9.17) is 9.47 Å². The Morgan fingerprint density at radius 1 is 1.30 bits per heavy atom. The van der Waals surface area contributed by atoms with Crippen LogP contribution in [0.1, 0.15) is 11.6 Å². The summed E-state index contributed by atoms with van der Waals surface area (Å²) in [5, 5.41) is 9.52. The zero-order valence-electron chi connectivity index (χ0n) is 11.1. The second-order valence-corrected chi connectivity index (χ2v) is 4.38. The number of nitrogens with zero attached hydrogens (tertiary/aromatic N) is 1. The van der Waals surface area contributed by atoms with Crippen LogP contribution in [-0.2, 0) is 4.79 Å². The first-order valence-corrected chi connectivity index (χ1v) is 6.25. The van der Waals surface area contributed by atoms with E-state index in [1.54, 1.807) is 35.3 Å². The van der Waals surface area contributed by atoms with Crippen molar-refractivity contribution in [2.45, 2.75) is 6.04 Å². The molecule has 0 saturated heterocycles. The van der Waals surface area contributed by atoms with E-state index in [-0.39, 0.29) is 6.79 Å². The molecule has 0 aromatic heterocycles. The molecule has 1 atom stereocenters. The van der Waals surface area contributed by atoms with E-state index in [2.05, 4.69) is 13.2 Å². The summed E-state index contributed by atoms with van der Waals surface area (Å²) in [7, 11) is 0. The van der Waals surface area contributed by atoms with Crippen LogP contribution < -0.4 is 9.47 Å². The zero-order valence-corrected chi connectivity index (χ0v) is 11.1. The fourth-order valence-electron chi connectivity index (χ4n) is 2.21. The van der Waals surface area contributed by atoms with Crippen LogP contribution in [0.2, 0.25) is 0 Å². The summed E-state index contributed by atoms with van der Waals surface area (Å²) in [6, 6.07) is 4.40. The lowest BCUT2D eigenvalue weighted by Gasteiger charge is -2.26. The maximum atomic E-state index is 11.6. The lowest BCUT2D eigenvalue weighted by Crippen LogP contribution is -2.34. The van der Waals surface area contributed by atoms with Crippen LogP contribution in [0.4, 0.5) is 0 Å². The number of carbonyl (C=O) groups is 1. The first-order valence-electron chi connectivity index (χ1n) is 6.25. The highest BCUT2D eigenvalue weighted by molar-refractivity contribution is 5.76. The molecule has 106 valence electrons. The van der Waals surface area contributed by atoms with Gasteiger partial charge in [-0.05, 0) is 17.7 Å². The highest BCUT2D eigenvalue weighted by Crippen LogP contribution is 2.35. The molecule has 1 aliphatic rings. The van der Waals surface area contributed by atoms with Gasteiger partial charge in [0, 0.05) is 13.1 Å². The molecule has 0 bridgehead atoms. The maximum Gasteiger partial charge on any atom is 0.325 e. The van der Waals surface area contributed by atoms with Crippen molar-refractivity contribution in [2.75, 3.05) is 19.9 Å². The standard InChI is InChI=1S/C15H17NO4/c1-3-7-16(8-4-2)14(15(17)18)11-5-6-12-13(9-11)20-10-19-12/h3-6,9,14H,1-2,7-8,10H2,(H,17,18). The topological polar surface area (TPSA) is 59.0 Å². The molecule has 1 unspecified atom stereocenters. The normalized spacial score (nSPS) is 14.1. The van der Waals surface area contributed by atoms with Gasteiger partial charge >= 0.3 is 5.97 Å². The highest BCUT2D eigenvalue weighted by atomic mass is 16.7. The Labute approximate surface area is 117 Å². The lowest BCUT2D eigenvalue weighted by atomic mass is 10.0. The molecule has 0 radical (unpaired) electrons. The average molecular weight is 275 g/mol. The molecule has 0 saturated carbocycles. The first-order chi connectivity index (χ1) is 9.67. The van der Waals surface area contributed by atoms with Crippen molar-refractivity contribution in [2.24, 2.45) is 0 Å². The molecule has 1 aromatic rings. The summed E-state index contributed by atoms with van der Waals surface area (Å²) in [6.45, 7) is 8.40. The molecule has 20 heavy (non-hydrogen) atoms. The van der Waals surface area contributed by atoms with Gasteiger partial charge in [0.15, 0.2) is 11.5 Å². The molecule has 1 N–H and O–H groups in total. The Morgan fingerprint density at radius 3 is 2.55 bits per heavy atom. The average Bonchev–Trinajstić information content (AvgIpc) is 2.86. The van der Waals surface area contributed by atoms with Gasteiger partial charge in [-0.3, -0.25) is 9.69 Å². The fourth-order valence-corrected chi connectivity index (χ4v) is 2.21. The molecule has 5 nitrogen and oxygen atoms in total. The van der Waals surface area contributed by atoms with Gasteiger partial charge in [0.2, 0.25) is 6.79 Å². The van der Waals surface area contributed by atoms with Gasteiger partial charge in [0.05, 0.1) is 0 Å². The molecule has 5 heteroatoms. The summed E-state index contributed by atoms with van der Waals surface area (Å²) in [5.41, 5.74) is 0.644. The van der Waals surface area contributed by atoms with Gasteiger partial charge in [-0.1, -0.05) is 18.2 Å². The number of benzene rings is 1. The van der Waals surface area contributed by atoms with Gasteiger partial charge in [0.1, 0.15) is 6.04 Å². The van der Waals surface area contributed by atoms with Gasteiger partial charge in [0.25, 0.3) is 0 Å². The largest absolute Gasteiger partial charge is 0.480 e. The van der Waals surface area contributed by atoms with Crippen molar-refractivity contribution >= 4 is 5.97 Å². The highest BCUT2D eigenvalue weighted by Gasteiger charge is 2.27. The van der Waals surface area contributed by atoms with Gasteiger partial charge in [-0.25, -0.2) is 0 Å². The quantitative estimate of drug-likeness (QED) is 0.773. The van der Waals surface area contributed by atoms with E-state index >= 15 is 0 Å². The van der Waals surface area contributed by atoms with Crippen LogP contribution in [0.3, 0.4) is 0 Å². The van der Waals surface area contributed by atoms with Crippen LogP contribution >= 0.6 is 0 Å². The van der Waals surface area contributed by atoms with Crippen LogP contribution in [0.25, 0.3) is 0 Å². The molecule has 1 aromatic carbocycles. The van der Waals surface area contributed by atoms with E-state index in [1.165, 1.54) is 0 Å². The molecule has 2 rings (SSSR count). The third kappa shape index (κ3) is 2.83. The second kappa shape index (κ2) is 6.25. The predicted octanol–water partition coefficient (Wildman–Crippen LogP) is 2.21. The van der Waals surface area contributed by atoms with Crippen LogP contribution in [0.15, 0.2) is 43.5 Å². The third-order valence-corrected chi connectivity index (χ3v) is 3.04. The summed E-state index contributed by atoms with van der Waals surface area (Å²) < 4.78 is 10.5. The maximum absolute atomic E-state index is 11.6. The van der Waals surface area contributed by atoms with E-state index < -0.39 is 12.0 Å². The fraction of sp³-hybridized carbons (Fsp3) is 0.267. The number of fused-ring (bicyclic) bond motifs is 1. The van der Waals surface area contributed by atoms with Crippen molar-refractivity contribution in [1.82, 2.24) is 4.90 Å². The second-order valence-electron chi connectivity index (χ2n) is 4.38. The number of carboxylic acids is 1. The van der Waals surface area contributed by atoms with Crippen LogP contribution in [-0.4, -0.2) is 35.9 Å². The number of rotatable bonds is 7. The van der Waals surface area contributed by atoms with E-state index in [0.29, 0.717) is 30.2 Å². The molecule has 0 aliphatic carbocycles. The molecular formula is C15H17NO4. The van der Waals surface area contributed by atoms with E-state index in [0.717, 1.165) is 0 Å². The molecule has 0 spiro atoms. The van der Waals surface area contributed by atoms with Gasteiger partial charge < -0.3 is 14.6 Å². The number of ether oxygens (including phenoxy) is 2. The number of hydrogen-bond acceptors (Lipinski definition) is 4. The van der Waals surface area contributed by atoms with E-state index in [1.807, 2.05) is 0 Å². The van der Waals surface area contributed by atoms with Gasteiger partial charge in [-0.15, -0.1) is 13.2 Å². The molecular weight excluding hydrogens is 258 g/mol. The van der Waals surface area contributed by atoms with E-state index in [9.17, 15) is 9.90 Å². The van der Waals surface area contributed by atoms with Crippen molar-refractivity contribution in [3.05, 3.63) is 49.1 Å². The Hall–Kier alpha value is -2.27. The lowest BCUT2D eigenvalue weighted by molar-refractivity contribution is -0.143. The summed E-state index contributed by atoms with van der Waals surface area (Å²) >= 11 is 0. The molecule has 0 amide bonds. The minimum Gasteiger partial charge on any atom is -0.480 e. The monoisotopic (exact) mass is 275 g/mol. The third-order valence-electron chi connectivity index (χ3n) is 3.04.